The summed E-state index contributed by atoms with van der Waals surface area (Å²) >= 11 is 0. The molecule has 3 rings (SSSR count). The van der Waals surface area contributed by atoms with E-state index >= 15 is 0 Å². The Bertz CT molecular complexity index is 1060. The molecular formula is C26H33N3O5. The first-order valence-corrected chi connectivity index (χ1v) is 11.7. The number of carbonyl (C=O) groups is 1. The van der Waals surface area contributed by atoms with Crippen molar-refractivity contribution in [3.05, 3.63) is 47.5 Å². The molecule has 34 heavy (non-hydrogen) atoms. The van der Waals surface area contributed by atoms with Gasteiger partial charge in [-0.2, -0.15) is 5.26 Å². The van der Waals surface area contributed by atoms with Crippen LogP contribution in [0.25, 0.3) is 16.8 Å². The van der Waals surface area contributed by atoms with E-state index in [1.165, 1.54) is 11.8 Å². The summed E-state index contributed by atoms with van der Waals surface area (Å²) in [4.78, 5) is 15.0. The molecule has 1 saturated heterocycles. The highest BCUT2D eigenvalue weighted by atomic mass is 16.5. The van der Waals surface area contributed by atoms with Crippen LogP contribution in [-0.2, 0) is 9.53 Å². The number of amides is 1. The minimum atomic E-state index is -1.34. The van der Waals surface area contributed by atoms with Crippen molar-refractivity contribution in [2.24, 2.45) is 0 Å². The average molecular weight is 468 g/mol. The molecule has 1 amide bonds. The highest BCUT2D eigenvalue weighted by Gasteiger charge is 2.39. The van der Waals surface area contributed by atoms with E-state index in [-0.39, 0.29) is 12.2 Å². The van der Waals surface area contributed by atoms with Crippen molar-refractivity contribution in [1.82, 2.24) is 5.32 Å². The third-order valence-electron chi connectivity index (χ3n) is 6.01. The van der Waals surface area contributed by atoms with Crippen LogP contribution in [0, 0.1) is 11.3 Å². The number of nitrogens with one attached hydrogen (secondary N) is 1. The Hall–Kier alpha value is -2.96. The van der Waals surface area contributed by atoms with Gasteiger partial charge >= 0.3 is 0 Å². The molecule has 1 heterocycles. The van der Waals surface area contributed by atoms with Gasteiger partial charge in [-0.15, -0.1) is 0 Å². The van der Waals surface area contributed by atoms with Gasteiger partial charge in [0.05, 0.1) is 19.3 Å². The Morgan fingerprint density at radius 2 is 1.82 bits per heavy atom. The Morgan fingerprint density at radius 1 is 1.15 bits per heavy atom. The molecule has 4 atom stereocenters. The van der Waals surface area contributed by atoms with Gasteiger partial charge in [-0.05, 0) is 53.5 Å². The summed E-state index contributed by atoms with van der Waals surface area (Å²) in [6.07, 6.45) is 0.0754. The van der Waals surface area contributed by atoms with Gasteiger partial charge in [0.2, 0.25) is 0 Å². The fourth-order valence-corrected chi connectivity index (χ4v) is 4.18. The fraction of sp³-hybridized carbons (Fsp3) is 0.462. The zero-order valence-corrected chi connectivity index (χ0v) is 19.6. The topological polar surface area (TPSA) is 126 Å². The zero-order chi connectivity index (χ0) is 24.7. The molecular weight excluding hydrogens is 434 g/mol. The van der Waals surface area contributed by atoms with Gasteiger partial charge in [0.15, 0.2) is 0 Å². The molecule has 1 aliphatic rings. The number of hydrogen-bond donors (Lipinski definition) is 4. The second-order valence-corrected chi connectivity index (χ2v) is 8.56. The first kappa shape index (κ1) is 25.7. The van der Waals surface area contributed by atoms with Gasteiger partial charge in [0.1, 0.15) is 30.0 Å². The molecule has 8 heteroatoms. The van der Waals surface area contributed by atoms with E-state index in [1.807, 2.05) is 30.3 Å². The molecule has 0 aromatic heterocycles. The van der Waals surface area contributed by atoms with Crippen molar-refractivity contribution < 1.29 is 24.9 Å². The number of aliphatic hydroxyl groups is 3. The summed E-state index contributed by atoms with van der Waals surface area (Å²) in [6, 6.07) is 13.0. The normalized spacial score (nSPS) is 22.9. The lowest BCUT2D eigenvalue weighted by atomic mass is 9.98. The number of hydrogen-bond acceptors (Lipinski definition) is 7. The van der Waals surface area contributed by atoms with Crippen LogP contribution in [-0.4, -0.2) is 71.9 Å². The van der Waals surface area contributed by atoms with Gasteiger partial charge in [0, 0.05) is 18.8 Å². The lowest BCUT2D eigenvalue weighted by molar-refractivity contribution is -0.163. The van der Waals surface area contributed by atoms with Crippen LogP contribution < -0.4 is 10.2 Å². The first-order valence-electron chi connectivity index (χ1n) is 11.7. The number of nitrogens with zero attached hydrogens (tertiary/aromatic N) is 2. The van der Waals surface area contributed by atoms with Gasteiger partial charge in [-0.25, -0.2) is 0 Å². The van der Waals surface area contributed by atoms with Crippen LogP contribution in [0.5, 0.6) is 0 Å². The standard InChI is InChI=1S/C26H33N3O5/c1-3-9-29(10-4-2)21-8-7-18-11-17(5-6-19(18)13-21)12-20(14-27)26(33)28-22-16-34-23(15-30)25(32)24(22)31/h5-8,11-13,22-25,30-32H,3-4,9-10,15-16H2,1-2H3,(H,28,33)/b20-12+/t22-,23+,24+,25+/m0/s1. The van der Waals surface area contributed by atoms with E-state index < -0.39 is 36.9 Å². The van der Waals surface area contributed by atoms with Gasteiger partial charge in [-0.3, -0.25) is 4.79 Å². The second-order valence-electron chi connectivity index (χ2n) is 8.56. The maximum atomic E-state index is 12.7. The number of ether oxygens (including phenoxy) is 1. The number of rotatable bonds is 9. The molecule has 0 unspecified atom stereocenters. The lowest BCUT2D eigenvalue weighted by Crippen LogP contribution is -2.60. The van der Waals surface area contributed by atoms with Crippen LogP contribution in [0.1, 0.15) is 32.3 Å². The molecule has 8 nitrogen and oxygen atoms in total. The third-order valence-corrected chi connectivity index (χ3v) is 6.01. The molecule has 1 aliphatic heterocycles. The average Bonchev–Trinajstić information content (AvgIpc) is 2.85. The SMILES string of the molecule is CCCN(CCC)c1ccc2cc(/C=C(\C#N)C(=O)N[C@H]3CO[C@H](CO)[C@@H](O)[C@@H]3O)ccc2c1. The molecule has 2 aromatic carbocycles. The molecule has 2 aromatic rings. The number of aliphatic hydroxyl groups excluding tert-OH is 3. The second kappa shape index (κ2) is 12.0. The van der Waals surface area contributed by atoms with Crippen LogP contribution in [0.4, 0.5) is 5.69 Å². The van der Waals surface area contributed by atoms with Crippen molar-refractivity contribution in [3.63, 3.8) is 0 Å². The van der Waals surface area contributed by atoms with Gasteiger partial charge in [0.25, 0.3) is 5.91 Å². The minimum absolute atomic E-state index is 0.0840. The first-order chi connectivity index (χ1) is 16.4. The van der Waals surface area contributed by atoms with Crippen molar-refractivity contribution in [2.45, 2.75) is 51.0 Å². The van der Waals surface area contributed by atoms with E-state index in [1.54, 1.807) is 0 Å². The van der Waals surface area contributed by atoms with Crippen LogP contribution >= 0.6 is 0 Å². The molecule has 182 valence electrons. The quantitative estimate of drug-likeness (QED) is 0.328. The van der Waals surface area contributed by atoms with E-state index in [0.29, 0.717) is 5.56 Å². The van der Waals surface area contributed by atoms with Crippen LogP contribution in [0.2, 0.25) is 0 Å². The Labute approximate surface area is 200 Å². The zero-order valence-electron chi connectivity index (χ0n) is 19.6. The maximum Gasteiger partial charge on any atom is 0.262 e. The molecule has 0 radical (unpaired) electrons. The maximum absolute atomic E-state index is 12.7. The summed E-state index contributed by atoms with van der Waals surface area (Å²) in [5.74, 6) is -0.671. The summed E-state index contributed by atoms with van der Waals surface area (Å²) in [6.45, 7) is 5.81. The van der Waals surface area contributed by atoms with Gasteiger partial charge in [-0.1, -0.05) is 32.0 Å². The third kappa shape index (κ3) is 5.93. The molecule has 0 saturated carbocycles. The number of anilines is 1. The number of fused-ring (bicyclic) bond motifs is 1. The molecule has 0 aliphatic carbocycles. The molecule has 0 spiro atoms. The van der Waals surface area contributed by atoms with Crippen molar-refractivity contribution >= 4 is 28.4 Å². The molecule has 0 bridgehead atoms. The van der Waals surface area contributed by atoms with Crippen molar-refractivity contribution in [1.29, 1.82) is 5.26 Å². The van der Waals surface area contributed by atoms with Crippen LogP contribution in [0.15, 0.2) is 42.0 Å². The number of carbonyl (C=O) groups excluding carboxylic acids is 1. The smallest absolute Gasteiger partial charge is 0.262 e. The summed E-state index contributed by atoms with van der Waals surface area (Å²) in [5.41, 5.74) is 1.75. The monoisotopic (exact) mass is 467 g/mol. The van der Waals surface area contributed by atoms with E-state index in [4.69, 9.17) is 9.84 Å². The summed E-state index contributed by atoms with van der Waals surface area (Å²) < 4.78 is 5.28. The number of benzene rings is 2. The Morgan fingerprint density at radius 3 is 2.47 bits per heavy atom. The molecule has 1 fully saturated rings. The van der Waals surface area contributed by atoms with E-state index in [0.717, 1.165) is 36.7 Å². The highest BCUT2D eigenvalue weighted by Crippen LogP contribution is 2.25. The van der Waals surface area contributed by atoms with Gasteiger partial charge < -0.3 is 30.3 Å². The predicted octanol–water partition coefficient (Wildman–Crippen LogP) is 1.97. The molecule has 4 N–H and O–H groups in total. The highest BCUT2D eigenvalue weighted by molar-refractivity contribution is 6.02. The van der Waals surface area contributed by atoms with Crippen molar-refractivity contribution in [2.75, 3.05) is 31.2 Å². The van der Waals surface area contributed by atoms with E-state index in [2.05, 4.69) is 36.2 Å². The van der Waals surface area contributed by atoms with Crippen LogP contribution in [0.3, 0.4) is 0 Å². The summed E-state index contributed by atoms with van der Waals surface area (Å²) in [5, 5.41) is 43.5. The minimum Gasteiger partial charge on any atom is -0.394 e. The Kier molecular flexibility index (Phi) is 9.02. The lowest BCUT2D eigenvalue weighted by Gasteiger charge is -2.37. The number of nitriles is 1. The largest absolute Gasteiger partial charge is 0.394 e. The van der Waals surface area contributed by atoms with Crippen molar-refractivity contribution in [3.8, 4) is 6.07 Å². The summed E-state index contributed by atoms with van der Waals surface area (Å²) in [7, 11) is 0. The fourth-order valence-electron chi connectivity index (χ4n) is 4.18. The Balaban J connectivity index is 1.76. The van der Waals surface area contributed by atoms with E-state index in [9.17, 15) is 20.3 Å². The predicted molar refractivity (Wildman–Crippen MR) is 131 cm³/mol.